The summed E-state index contributed by atoms with van der Waals surface area (Å²) in [5, 5.41) is 2.82. The van der Waals surface area contributed by atoms with Crippen LogP contribution in [0.4, 0.5) is 0 Å². The fourth-order valence-electron chi connectivity index (χ4n) is 1.15. The molecule has 0 spiro atoms. The summed E-state index contributed by atoms with van der Waals surface area (Å²) in [7, 11) is 0. The summed E-state index contributed by atoms with van der Waals surface area (Å²) >= 11 is 0. The summed E-state index contributed by atoms with van der Waals surface area (Å²) in [6, 6.07) is 0. The summed E-state index contributed by atoms with van der Waals surface area (Å²) in [5.41, 5.74) is 0. The molecular formula is C12H27NO2. The van der Waals surface area contributed by atoms with Crippen LogP contribution in [-0.2, 0) is 9.53 Å². The van der Waals surface area contributed by atoms with Gasteiger partial charge in [0.15, 0.2) is 0 Å². The van der Waals surface area contributed by atoms with Crippen LogP contribution >= 0.6 is 0 Å². The van der Waals surface area contributed by atoms with Crippen LogP contribution < -0.4 is 5.32 Å². The van der Waals surface area contributed by atoms with Crippen molar-refractivity contribution in [1.29, 1.82) is 0 Å². The van der Waals surface area contributed by atoms with E-state index in [-0.39, 0.29) is 13.3 Å². The van der Waals surface area contributed by atoms with E-state index in [4.69, 9.17) is 4.74 Å². The maximum Gasteiger partial charge on any atom is 0.222 e. The number of carbonyl (C=O) groups excluding carboxylic acids is 1. The predicted molar refractivity (Wildman–Crippen MR) is 64.9 cm³/mol. The Morgan fingerprint density at radius 3 is 2.47 bits per heavy atom. The zero-order valence-corrected chi connectivity index (χ0v) is 10.5. The maximum atomic E-state index is 11.2. The van der Waals surface area contributed by atoms with Gasteiger partial charge in [0.1, 0.15) is 0 Å². The summed E-state index contributed by atoms with van der Waals surface area (Å²) in [6.07, 6.45) is 2.31. The Morgan fingerprint density at radius 1 is 1.27 bits per heavy atom. The fraction of sp³-hybridized carbons (Fsp3) is 0.917. The molecule has 0 saturated carbocycles. The second-order valence-corrected chi connectivity index (χ2v) is 4.59. The monoisotopic (exact) mass is 217 g/mol. The van der Waals surface area contributed by atoms with Crippen molar-refractivity contribution in [3.63, 3.8) is 0 Å². The number of nitrogens with one attached hydrogen (secondary N) is 1. The topological polar surface area (TPSA) is 38.3 Å². The zero-order valence-electron chi connectivity index (χ0n) is 10.5. The van der Waals surface area contributed by atoms with Crippen molar-refractivity contribution in [1.82, 2.24) is 5.32 Å². The molecule has 0 radical (unpaired) electrons. The number of hydrogen-bond donors (Lipinski definition) is 1. The zero-order chi connectivity index (χ0) is 11.7. The molecule has 1 amide bonds. The number of hydrogen-bond acceptors (Lipinski definition) is 2. The minimum atomic E-state index is 0. The highest BCUT2D eigenvalue weighted by Gasteiger charge is 2.04. The third-order valence-corrected chi connectivity index (χ3v) is 2.14. The molecule has 0 aromatic rings. The van der Waals surface area contributed by atoms with Crippen LogP contribution in [0.2, 0.25) is 0 Å². The fourth-order valence-corrected chi connectivity index (χ4v) is 1.15. The van der Waals surface area contributed by atoms with Crippen molar-refractivity contribution in [3.05, 3.63) is 0 Å². The number of ether oxygens (including phenoxy) is 1. The van der Waals surface area contributed by atoms with Gasteiger partial charge in [-0.1, -0.05) is 27.7 Å². The number of carbonyl (C=O) groups is 1. The van der Waals surface area contributed by atoms with Crippen LogP contribution in [0.25, 0.3) is 0 Å². The van der Waals surface area contributed by atoms with Crippen molar-refractivity contribution in [3.8, 4) is 0 Å². The quantitative estimate of drug-likeness (QED) is 0.634. The second-order valence-electron chi connectivity index (χ2n) is 4.59. The molecule has 0 aromatic carbocycles. The van der Waals surface area contributed by atoms with E-state index in [1.165, 1.54) is 6.42 Å². The highest BCUT2D eigenvalue weighted by molar-refractivity contribution is 5.77. The van der Waals surface area contributed by atoms with E-state index in [1.54, 1.807) is 0 Å². The largest absolute Gasteiger partial charge is 0.380 e. The predicted octanol–water partition coefficient (Wildman–Crippen LogP) is 2.46. The van der Waals surface area contributed by atoms with Crippen LogP contribution in [0.15, 0.2) is 0 Å². The first-order valence-electron chi connectivity index (χ1n) is 5.89. The van der Waals surface area contributed by atoms with Crippen molar-refractivity contribution in [2.45, 2.75) is 40.5 Å². The van der Waals surface area contributed by atoms with E-state index in [0.29, 0.717) is 13.2 Å². The molecule has 1 N–H and O–H groups in total. The molecule has 3 heteroatoms. The molecule has 0 fully saturated rings. The Kier molecular flexibility index (Phi) is 8.38. The van der Waals surface area contributed by atoms with E-state index < -0.39 is 0 Å². The molecule has 3 nitrogen and oxygen atoms in total. The van der Waals surface area contributed by atoms with Gasteiger partial charge in [-0.3, -0.25) is 4.79 Å². The third-order valence-electron chi connectivity index (χ3n) is 2.14. The van der Waals surface area contributed by atoms with Gasteiger partial charge in [-0.15, -0.1) is 0 Å². The molecule has 92 valence electrons. The van der Waals surface area contributed by atoms with E-state index in [2.05, 4.69) is 19.2 Å². The smallest absolute Gasteiger partial charge is 0.222 e. The molecule has 0 saturated heterocycles. The van der Waals surface area contributed by atoms with Gasteiger partial charge in [0.05, 0.1) is 6.61 Å². The first kappa shape index (κ1) is 14.4. The number of amides is 1. The summed E-state index contributed by atoms with van der Waals surface area (Å²) in [4.78, 5) is 11.2. The van der Waals surface area contributed by atoms with Crippen LogP contribution in [0.1, 0.15) is 42.0 Å². The molecule has 0 aromatic heterocycles. The molecule has 15 heavy (non-hydrogen) atoms. The van der Waals surface area contributed by atoms with Gasteiger partial charge < -0.3 is 10.1 Å². The standard InChI is InChI=1S/C12H25NO2.H2/c1-10(2)6-5-8-15-9-7-13-12(14)11(3)4;/h10-11H,5-9H2,1-4H3,(H,13,14);1H. The van der Waals surface area contributed by atoms with Gasteiger partial charge in [-0.2, -0.15) is 0 Å². The van der Waals surface area contributed by atoms with Gasteiger partial charge in [0.25, 0.3) is 0 Å². The SMILES string of the molecule is CC(C)CCCOCCNC(=O)C(C)C.[HH]. The van der Waals surface area contributed by atoms with E-state index in [1.807, 2.05) is 13.8 Å². The minimum Gasteiger partial charge on any atom is -0.380 e. The Labute approximate surface area is 95.1 Å². The van der Waals surface area contributed by atoms with Gasteiger partial charge in [-0.05, 0) is 18.8 Å². The average molecular weight is 217 g/mol. The molecule has 0 aliphatic heterocycles. The molecule has 0 atom stereocenters. The lowest BCUT2D eigenvalue weighted by atomic mass is 10.1. The van der Waals surface area contributed by atoms with Gasteiger partial charge in [0, 0.05) is 20.5 Å². The third kappa shape index (κ3) is 9.73. The Bertz CT molecular complexity index is 172. The average Bonchev–Trinajstić information content (AvgIpc) is 2.15. The molecule has 0 aliphatic carbocycles. The van der Waals surface area contributed by atoms with E-state index >= 15 is 0 Å². The van der Waals surface area contributed by atoms with E-state index in [0.717, 1.165) is 18.9 Å². The lowest BCUT2D eigenvalue weighted by molar-refractivity contribution is -0.124. The normalized spacial score (nSPS) is 11.1. The number of rotatable bonds is 8. The summed E-state index contributed by atoms with van der Waals surface area (Å²) in [5.74, 6) is 0.904. The van der Waals surface area contributed by atoms with Crippen LogP contribution in [0.3, 0.4) is 0 Å². The molecular weight excluding hydrogens is 190 g/mol. The summed E-state index contributed by atoms with van der Waals surface area (Å²) < 4.78 is 5.40. The van der Waals surface area contributed by atoms with Gasteiger partial charge >= 0.3 is 0 Å². The van der Waals surface area contributed by atoms with Crippen molar-refractivity contribution in [2.24, 2.45) is 11.8 Å². The molecule has 0 aliphatic rings. The van der Waals surface area contributed by atoms with E-state index in [9.17, 15) is 4.79 Å². The van der Waals surface area contributed by atoms with Gasteiger partial charge in [-0.25, -0.2) is 0 Å². The lowest BCUT2D eigenvalue weighted by Crippen LogP contribution is -2.30. The Balaban J connectivity index is 0. The van der Waals surface area contributed by atoms with Crippen molar-refractivity contribution < 1.29 is 11.0 Å². The Morgan fingerprint density at radius 2 is 1.93 bits per heavy atom. The maximum absolute atomic E-state index is 11.2. The minimum absolute atomic E-state index is 0. The highest BCUT2D eigenvalue weighted by atomic mass is 16.5. The second kappa shape index (κ2) is 8.72. The van der Waals surface area contributed by atoms with Crippen LogP contribution in [0.5, 0.6) is 0 Å². The molecule has 0 rings (SSSR count). The summed E-state index contributed by atoms with van der Waals surface area (Å²) in [6.45, 7) is 10.2. The van der Waals surface area contributed by atoms with Crippen molar-refractivity contribution in [2.75, 3.05) is 19.8 Å². The van der Waals surface area contributed by atoms with Crippen LogP contribution in [-0.4, -0.2) is 25.7 Å². The lowest BCUT2D eigenvalue weighted by Gasteiger charge is -2.08. The Hall–Kier alpha value is -0.570. The molecule has 0 unspecified atom stereocenters. The first-order valence-corrected chi connectivity index (χ1v) is 5.89. The van der Waals surface area contributed by atoms with Crippen molar-refractivity contribution >= 4 is 5.91 Å². The highest BCUT2D eigenvalue weighted by Crippen LogP contribution is 2.02. The first-order chi connectivity index (χ1) is 7.04. The van der Waals surface area contributed by atoms with Crippen LogP contribution in [0, 0.1) is 11.8 Å². The molecule has 0 bridgehead atoms. The molecule has 0 heterocycles. The van der Waals surface area contributed by atoms with Gasteiger partial charge in [0.2, 0.25) is 5.91 Å².